The van der Waals surface area contributed by atoms with E-state index in [1.54, 1.807) is 17.0 Å². The van der Waals surface area contributed by atoms with Crippen LogP contribution in [-0.2, 0) is 25.0 Å². The summed E-state index contributed by atoms with van der Waals surface area (Å²) in [6.45, 7) is 5.77. The molecule has 3 saturated heterocycles. The molecule has 0 aliphatic carbocycles. The molecule has 10 nitrogen and oxygen atoms in total. The van der Waals surface area contributed by atoms with E-state index in [1.165, 1.54) is 17.0 Å². The van der Waals surface area contributed by atoms with E-state index in [0.29, 0.717) is 49.4 Å². The molecule has 0 saturated carbocycles. The number of hydrogen-bond acceptors (Lipinski definition) is 5. The van der Waals surface area contributed by atoms with Crippen LogP contribution in [0.4, 0.5) is 20.6 Å². The summed E-state index contributed by atoms with van der Waals surface area (Å²) in [5.74, 6) is 2.64. The van der Waals surface area contributed by atoms with Crippen LogP contribution in [0.1, 0.15) is 86.2 Å². The molecule has 7 rings (SSSR count). The average Bonchev–Trinajstić information content (AvgIpc) is 3.34. The van der Waals surface area contributed by atoms with Gasteiger partial charge in [0.15, 0.2) is 0 Å². The number of urea groups is 1. The largest absolute Gasteiger partial charge is 0.324 e. The van der Waals surface area contributed by atoms with Crippen molar-refractivity contribution in [3.63, 3.8) is 0 Å². The third-order valence-corrected chi connectivity index (χ3v) is 12.9. The van der Waals surface area contributed by atoms with Gasteiger partial charge >= 0.3 is 6.03 Å². The van der Waals surface area contributed by atoms with E-state index < -0.39 is 27.5 Å². The zero-order valence-electron chi connectivity index (χ0n) is 27.9. The normalized spacial score (nSPS) is 22.7. The Hall–Kier alpha value is -4.29. The fourth-order valence-corrected chi connectivity index (χ4v) is 10.5. The molecular formula is C37H42FN5O5S. The number of piperidine rings is 3. The summed E-state index contributed by atoms with van der Waals surface area (Å²) in [6.07, 6.45) is 4.77. The molecule has 2 atom stereocenters. The number of halogens is 1. The van der Waals surface area contributed by atoms with Crippen molar-refractivity contribution in [1.82, 2.24) is 14.5 Å². The van der Waals surface area contributed by atoms with Crippen LogP contribution < -0.4 is 15.5 Å². The Morgan fingerprint density at radius 2 is 1.82 bits per heavy atom. The molecule has 0 aromatic heterocycles. The molecule has 2 unspecified atom stereocenters. The van der Waals surface area contributed by atoms with Crippen LogP contribution in [-0.4, -0.2) is 74.3 Å². The molecule has 3 aromatic carbocycles. The first-order valence-corrected chi connectivity index (χ1v) is 18.9. The fourth-order valence-electron chi connectivity index (χ4n) is 8.16. The monoisotopic (exact) mass is 687 g/mol. The summed E-state index contributed by atoms with van der Waals surface area (Å²) in [5, 5.41) is 7.05. The third-order valence-electron chi connectivity index (χ3n) is 10.7. The van der Waals surface area contributed by atoms with Crippen molar-refractivity contribution >= 4 is 61.5 Å². The minimum Gasteiger partial charge on any atom is -0.324 e. The zero-order chi connectivity index (χ0) is 34.7. The molecule has 12 heteroatoms. The Kier molecular flexibility index (Phi) is 8.51. The van der Waals surface area contributed by atoms with Gasteiger partial charge < -0.3 is 10.2 Å². The SMILES string of the molecule is C=S(=O)(Cc1cc(NC(=O)N2CCC(c3ccc4c5c(cccc35)C(=O)N4C3CCC(=O)NC3=O)CC2)ccc1F)N1CCCCC1(C)C. The highest BCUT2D eigenvalue weighted by Crippen LogP contribution is 2.44. The van der Waals surface area contributed by atoms with Gasteiger partial charge in [-0.25, -0.2) is 13.5 Å². The predicted molar refractivity (Wildman–Crippen MR) is 189 cm³/mol. The summed E-state index contributed by atoms with van der Waals surface area (Å²) in [6, 6.07) is 12.9. The Bertz CT molecular complexity index is 1990. The van der Waals surface area contributed by atoms with Crippen LogP contribution in [0.5, 0.6) is 0 Å². The van der Waals surface area contributed by atoms with Gasteiger partial charge in [0.2, 0.25) is 11.8 Å². The lowest BCUT2D eigenvalue weighted by Crippen LogP contribution is -2.53. The maximum atomic E-state index is 14.9. The number of likely N-dealkylation sites (tertiary alicyclic amines) is 1. The molecule has 5 amide bonds. The van der Waals surface area contributed by atoms with Gasteiger partial charge in [-0.05, 0) is 99.0 Å². The van der Waals surface area contributed by atoms with Gasteiger partial charge in [-0.1, -0.05) is 24.6 Å². The van der Waals surface area contributed by atoms with Gasteiger partial charge in [0.1, 0.15) is 11.9 Å². The van der Waals surface area contributed by atoms with Crippen molar-refractivity contribution in [2.45, 2.75) is 82.0 Å². The number of imide groups is 1. The van der Waals surface area contributed by atoms with E-state index >= 15 is 0 Å². The van der Waals surface area contributed by atoms with E-state index in [-0.39, 0.29) is 53.5 Å². The van der Waals surface area contributed by atoms with Crippen molar-refractivity contribution in [1.29, 1.82) is 0 Å². The van der Waals surface area contributed by atoms with Crippen LogP contribution in [0.25, 0.3) is 10.8 Å². The Labute approximate surface area is 286 Å². The smallest absolute Gasteiger partial charge is 0.321 e. The Balaban J connectivity index is 1.03. The van der Waals surface area contributed by atoms with Crippen molar-refractivity contribution in [2.24, 2.45) is 0 Å². The highest BCUT2D eigenvalue weighted by atomic mass is 32.2. The lowest BCUT2D eigenvalue weighted by Gasteiger charge is -2.43. The van der Waals surface area contributed by atoms with Crippen molar-refractivity contribution in [3.8, 4) is 0 Å². The molecule has 4 heterocycles. The van der Waals surface area contributed by atoms with E-state index in [1.807, 2.05) is 28.6 Å². The predicted octanol–water partition coefficient (Wildman–Crippen LogP) is 5.55. The maximum Gasteiger partial charge on any atom is 0.321 e. The van der Waals surface area contributed by atoms with E-state index in [4.69, 9.17) is 0 Å². The fraction of sp³-hybridized carbons (Fsp3) is 0.432. The quantitative estimate of drug-likeness (QED) is 0.260. The average molecular weight is 688 g/mol. The number of carbonyl (C=O) groups excluding carboxylic acids is 4. The standard InChI is InChI=1S/C37H42FN5O5S/c1-37(2)17-4-5-18-42(37)49(3,48)22-24-21-25(9-11-29(24)38)39-36(47)41-19-15-23(16-20-41)26-10-12-30-33-27(26)7-6-8-28(33)35(46)43(30)31-13-14-32(44)40-34(31)45/h6-12,21,23,31H,3-5,13-20,22H2,1-2H3,(H,39,47)(H,40,44,45). The minimum atomic E-state index is -2.78. The molecule has 0 spiro atoms. The molecule has 3 aromatic rings. The van der Waals surface area contributed by atoms with Gasteiger partial charge in [0.05, 0.1) is 11.4 Å². The first-order valence-electron chi connectivity index (χ1n) is 17.0. The zero-order valence-corrected chi connectivity index (χ0v) is 28.7. The van der Waals surface area contributed by atoms with Crippen molar-refractivity contribution in [3.05, 3.63) is 71.0 Å². The van der Waals surface area contributed by atoms with Gasteiger partial charge in [-0.3, -0.25) is 28.8 Å². The number of hydrogen-bond donors (Lipinski definition) is 2. The van der Waals surface area contributed by atoms with Crippen molar-refractivity contribution in [2.75, 3.05) is 29.9 Å². The molecule has 0 bridgehead atoms. The summed E-state index contributed by atoms with van der Waals surface area (Å²) in [7, 11) is -2.78. The van der Waals surface area contributed by atoms with Crippen LogP contribution >= 0.6 is 0 Å². The number of carbonyl (C=O) groups is 4. The molecule has 0 radical (unpaired) electrons. The first-order chi connectivity index (χ1) is 23.3. The summed E-state index contributed by atoms with van der Waals surface area (Å²) >= 11 is 0. The molecule has 2 N–H and O–H groups in total. The van der Waals surface area contributed by atoms with Crippen LogP contribution in [0, 0.1) is 5.82 Å². The lowest BCUT2D eigenvalue weighted by molar-refractivity contribution is -0.134. The highest BCUT2D eigenvalue weighted by Gasteiger charge is 2.41. The number of nitrogens with zero attached hydrogens (tertiary/aromatic N) is 3. The van der Waals surface area contributed by atoms with Crippen molar-refractivity contribution < 1.29 is 27.8 Å². The lowest BCUT2D eigenvalue weighted by atomic mass is 9.85. The van der Waals surface area contributed by atoms with E-state index in [0.717, 1.165) is 35.6 Å². The summed E-state index contributed by atoms with van der Waals surface area (Å²) in [5.41, 5.74) is 2.73. The Morgan fingerprint density at radius 3 is 2.55 bits per heavy atom. The first kappa shape index (κ1) is 33.2. The van der Waals surface area contributed by atoms with Crippen LogP contribution in [0.3, 0.4) is 0 Å². The maximum absolute atomic E-state index is 14.9. The molecule has 49 heavy (non-hydrogen) atoms. The molecular weight excluding hydrogens is 646 g/mol. The minimum absolute atomic E-state index is 0.0390. The topological polar surface area (TPSA) is 119 Å². The van der Waals surface area contributed by atoms with Gasteiger partial charge in [-0.15, -0.1) is 0 Å². The molecule has 4 aliphatic heterocycles. The number of nitrogens with one attached hydrogen (secondary N) is 2. The van der Waals surface area contributed by atoms with E-state index in [9.17, 15) is 27.8 Å². The van der Waals surface area contributed by atoms with Gasteiger partial charge in [0.25, 0.3) is 5.91 Å². The second kappa shape index (κ2) is 12.5. The number of anilines is 2. The second-order valence-corrected chi connectivity index (χ2v) is 16.6. The van der Waals surface area contributed by atoms with Crippen LogP contribution in [0.15, 0.2) is 48.5 Å². The molecule has 258 valence electrons. The summed E-state index contributed by atoms with van der Waals surface area (Å²) < 4.78 is 30.6. The van der Waals surface area contributed by atoms with Crippen LogP contribution in [0.2, 0.25) is 0 Å². The van der Waals surface area contributed by atoms with Gasteiger partial charge in [-0.2, -0.15) is 0 Å². The number of rotatable bonds is 6. The molecule has 4 aliphatic rings. The van der Waals surface area contributed by atoms with E-state index in [2.05, 4.69) is 30.4 Å². The number of amides is 5. The third kappa shape index (κ3) is 6.09. The van der Waals surface area contributed by atoms with Gasteiger partial charge in [0, 0.05) is 63.5 Å². The second-order valence-electron chi connectivity index (χ2n) is 14.3. The molecule has 3 fully saturated rings. The Morgan fingerprint density at radius 1 is 1.04 bits per heavy atom. The number of benzene rings is 3. The highest BCUT2D eigenvalue weighted by molar-refractivity contribution is 7.97. The summed E-state index contributed by atoms with van der Waals surface area (Å²) in [4.78, 5) is 54.6.